The van der Waals surface area contributed by atoms with Crippen LogP contribution in [-0.4, -0.2) is 18.1 Å². The van der Waals surface area contributed by atoms with Gasteiger partial charge in [-0.3, -0.25) is 0 Å². The summed E-state index contributed by atoms with van der Waals surface area (Å²) in [7, 11) is 0. The van der Waals surface area contributed by atoms with Gasteiger partial charge in [-0.25, -0.2) is 4.39 Å². The van der Waals surface area contributed by atoms with E-state index in [1.54, 1.807) is 12.1 Å². The average Bonchev–Trinajstić information content (AvgIpc) is 2.44. The molecule has 1 aliphatic heterocycles. The smallest absolute Gasteiger partial charge is 0.141 e. The second-order valence-electron chi connectivity index (χ2n) is 4.99. The molecule has 2 N–H and O–H groups in total. The molecule has 1 fully saturated rings. The molecule has 1 aliphatic rings. The van der Waals surface area contributed by atoms with Gasteiger partial charge >= 0.3 is 0 Å². The molecule has 4 heteroatoms. The van der Waals surface area contributed by atoms with Crippen molar-refractivity contribution in [1.82, 2.24) is 0 Å². The molecular weight excluding hydrogens is 227 g/mol. The van der Waals surface area contributed by atoms with E-state index in [4.69, 9.17) is 17.3 Å². The van der Waals surface area contributed by atoms with Crippen LogP contribution in [0.2, 0.25) is 5.02 Å². The number of nitrogens with zero attached hydrogens (tertiary/aromatic N) is 1. The van der Waals surface area contributed by atoms with Crippen LogP contribution in [0.4, 0.5) is 10.1 Å². The van der Waals surface area contributed by atoms with Crippen molar-refractivity contribution in [2.45, 2.75) is 31.8 Å². The Morgan fingerprint density at radius 2 is 2.19 bits per heavy atom. The summed E-state index contributed by atoms with van der Waals surface area (Å²) in [6, 6.07) is 4.98. The van der Waals surface area contributed by atoms with E-state index in [9.17, 15) is 4.39 Å². The number of hydrogen-bond donors (Lipinski definition) is 1. The number of hydrogen-bond acceptors (Lipinski definition) is 2. The lowest BCUT2D eigenvalue weighted by Crippen LogP contribution is -2.38. The average molecular weight is 243 g/mol. The first-order chi connectivity index (χ1) is 7.40. The van der Waals surface area contributed by atoms with E-state index in [0.717, 1.165) is 18.7 Å². The summed E-state index contributed by atoms with van der Waals surface area (Å²) in [5.74, 6) is -0.383. The van der Waals surface area contributed by atoms with E-state index in [1.165, 1.54) is 6.07 Å². The van der Waals surface area contributed by atoms with Crippen molar-refractivity contribution in [1.29, 1.82) is 0 Å². The lowest BCUT2D eigenvalue weighted by Gasteiger charge is -2.33. The predicted molar refractivity (Wildman–Crippen MR) is 65.4 cm³/mol. The topological polar surface area (TPSA) is 29.3 Å². The Labute approximate surface area is 100 Å². The van der Waals surface area contributed by atoms with Crippen LogP contribution < -0.4 is 10.6 Å². The molecule has 0 saturated carbocycles. The van der Waals surface area contributed by atoms with Crippen molar-refractivity contribution < 1.29 is 4.39 Å². The van der Waals surface area contributed by atoms with E-state index in [2.05, 4.69) is 18.7 Å². The minimum Gasteiger partial charge on any atom is -0.365 e. The Hall–Kier alpha value is -0.800. The van der Waals surface area contributed by atoms with Gasteiger partial charge in [-0.1, -0.05) is 11.6 Å². The zero-order valence-corrected chi connectivity index (χ0v) is 10.3. The Balaban J connectivity index is 2.34. The van der Waals surface area contributed by atoms with Crippen LogP contribution in [0.15, 0.2) is 18.2 Å². The summed E-state index contributed by atoms with van der Waals surface area (Å²) in [4.78, 5) is 2.18. The number of benzene rings is 1. The van der Waals surface area contributed by atoms with Gasteiger partial charge < -0.3 is 10.6 Å². The second kappa shape index (κ2) is 3.90. The van der Waals surface area contributed by atoms with Crippen molar-refractivity contribution >= 4 is 17.3 Å². The first kappa shape index (κ1) is 11.7. The molecule has 1 atom stereocenters. The van der Waals surface area contributed by atoms with E-state index >= 15 is 0 Å². The maximum absolute atomic E-state index is 13.1. The van der Waals surface area contributed by atoms with Gasteiger partial charge in [0, 0.05) is 23.8 Å². The summed E-state index contributed by atoms with van der Waals surface area (Å²) >= 11 is 5.79. The van der Waals surface area contributed by atoms with Crippen molar-refractivity contribution in [3.8, 4) is 0 Å². The number of anilines is 1. The maximum Gasteiger partial charge on any atom is 0.141 e. The van der Waals surface area contributed by atoms with Crippen LogP contribution in [0.5, 0.6) is 0 Å². The SMILES string of the molecule is CC1(C)CC(N)CN1c1ccc(F)c(Cl)c1. The van der Waals surface area contributed by atoms with Crippen molar-refractivity contribution in [2.24, 2.45) is 5.73 Å². The molecule has 1 aromatic rings. The molecule has 1 saturated heterocycles. The minimum absolute atomic E-state index is 0.000571. The molecule has 0 bridgehead atoms. The van der Waals surface area contributed by atoms with Crippen LogP contribution in [0.3, 0.4) is 0 Å². The van der Waals surface area contributed by atoms with Crippen LogP contribution in [-0.2, 0) is 0 Å². The van der Waals surface area contributed by atoms with Gasteiger partial charge in [0.15, 0.2) is 0 Å². The molecule has 0 aliphatic carbocycles. The highest BCUT2D eigenvalue weighted by Gasteiger charge is 2.36. The molecule has 88 valence electrons. The molecule has 2 rings (SSSR count). The summed E-state index contributed by atoms with van der Waals surface area (Å²) in [6.07, 6.45) is 0.933. The summed E-state index contributed by atoms with van der Waals surface area (Å²) < 4.78 is 13.1. The molecule has 0 spiro atoms. The Morgan fingerprint density at radius 3 is 2.69 bits per heavy atom. The largest absolute Gasteiger partial charge is 0.365 e. The molecule has 2 nitrogen and oxygen atoms in total. The minimum atomic E-state index is -0.383. The number of nitrogens with two attached hydrogens (primary N) is 1. The maximum atomic E-state index is 13.1. The predicted octanol–water partition coefficient (Wildman–Crippen LogP) is 2.80. The molecular formula is C12H16ClFN2. The molecule has 0 radical (unpaired) electrons. The summed E-state index contributed by atoms with van der Waals surface area (Å²) in [5.41, 5.74) is 6.89. The molecule has 0 amide bonds. The van der Waals surface area contributed by atoms with E-state index in [1.807, 2.05) is 0 Å². The van der Waals surface area contributed by atoms with Gasteiger partial charge in [-0.2, -0.15) is 0 Å². The lowest BCUT2D eigenvalue weighted by molar-refractivity contribution is 0.505. The molecule has 0 aromatic heterocycles. The number of halogens is 2. The second-order valence-corrected chi connectivity index (χ2v) is 5.39. The first-order valence-electron chi connectivity index (χ1n) is 5.38. The van der Waals surface area contributed by atoms with E-state index in [0.29, 0.717) is 0 Å². The first-order valence-corrected chi connectivity index (χ1v) is 5.76. The molecule has 16 heavy (non-hydrogen) atoms. The van der Waals surface area contributed by atoms with Crippen molar-refractivity contribution in [3.05, 3.63) is 29.0 Å². The zero-order chi connectivity index (χ0) is 11.9. The summed E-state index contributed by atoms with van der Waals surface area (Å²) in [5, 5.41) is 0.161. The van der Waals surface area contributed by atoms with Gasteiger partial charge in [0.25, 0.3) is 0 Å². The monoisotopic (exact) mass is 242 g/mol. The standard InChI is InChI=1S/C12H16ClFN2/c1-12(2)6-8(15)7-16(12)9-3-4-11(14)10(13)5-9/h3-5,8H,6-7,15H2,1-2H3. The fourth-order valence-electron chi connectivity index (χ4n) is 2.41. The highest BCUT2D eigenvalue weighted by Crippen LogP contribution is 2.34. The normalized spacial score (nSPS) is 23.8. The fraction of sp³-hybridized carbons (Fsp3) is 0.500. The van der Waals surface area contributed by atoms with Gasteiger partial charge in [-0.15, -0.1) is 0 Å². The van der Waals surface area contributed by atoms with Crippen LogP contribution in [0.25, 0.3) is 0 Å². The summed E-state index contributed by atoms with van der Waals surface area (Å²) in [6.45, 7) is 5.06. The van der Waals surface area contributed by atoms with Crippen LogP contribution in [0.1, 0.15) is 20.3 Å². The zero-order valence-electron chi connectivity index (χ0n) is 9.50. The fourth-order valence-corrected chi connectivity index (χ4v) is 2.58. The Bertz CT molecular complexity index is 406. The molecule has 1 aromatic carbocycles. The van der Waals surface area contributed by atoms with Gasteiger partial charge in [-0.05, 0) is 38.5 Å². The highest BCUT2D eigenvalue weighted by atomic mass is 35.5. The third-order valence-electron chi connectivity index (χ3n) is 3.12. The third kappa shape index (κ3) is 2.02. The highest BCUT2D eigenvalue weighted by molar-refractivity contribution is 6.31. The van der Waals surface area contributed by atoms with Crippen LogP contribution in [0, 0.1) is 5.82 Å². The quantitative estimate of drug-likeness (QED) is 0.821. The van der Waals surface area contributed by atoms with Gasteiger partial charge in [0.1, 0.15) is 5.82 Å². The molecule has 1 heterocycles. The van der Waals surface area contributed by atoms with Crippen molar-refractivity contribution in [2.75, 3.05) is 11.4 Å². The van der Waals surface area contributed by atoms with Crippen molar-refractivity contribution in [3.63, 3.8) is 0 Å². The molecule has 1 unspecified atom stereocenters. The van der Waals surface area contributed by atoms with Crippen LogP contribution >= 0.6 is 11.6 Å². The van der Waals surface area contributed by atoms with E-state index in [-0.39, 0.29) is 22.4 Å². The van der Waals surface area contributed by atoms with Gasteiger partial charge in [0.05, 0.1) is 5.02 Å². The third-order valence-corrected chi connectivity index (χ3v) is 3.41. The Kier molecular flexibility index (Phi) is 2.84. The lowest BCUT2D eigenvalue weighted by atomic mass is 10.00. The number of rotatable bonds is 1. The Morgan fingerprint density at radius 1 is 1.50 bits per heavy atom. The van der Waals surface area contributed by atoms with E-state index < -0.39 is 0 Å². The van der Waals surface area contributed by atoms with Gasteiger partial charge in [0.2, 0.25) is 0 Å².